The number of rotatable bonds is 5. The second kappa shape index (κ2) is 8.73. The lowest BCUT2D eigenvalue weighted by Crippen LogP contribution is -2.46. The van der Waals surface area contributed by atoms with Crippen molar-refractivity contribution in [2.24, 2.45) is 5.73 Å². The van der Waals surface area contributed by atoms with Crippen molar-refractivity contribution in [3.63, 3.8) is 0 Å². The lowest BCUT2D eigenvalue weighted by Gasteiger charge is -2.28. The molecule has 3 aromatic rings. The van der Waals surface area contributed by atoms with Gasteiger partial charge >= 0.3 is 0 Å². The highest BCUT2D eigenvalue weighted by atomic mass is 16.3. The molecule has 0 spiro atoms. The topological polar surface area (TPSA) is 114 Å². The van der Waals surface area contributed by atoms with Gasteiger partial charge in [-0.05, 0) is 42.7 Å². The summed E-state index contributed by atoms with van der Waals surface area (Å²) in [5, 5.41) is 13.5. The van der Waals surface area contributed by atoms with Gasteiger partial charge in [-0.15, -0.1) is 0 Å². The van der Waals surface area contributed by atoms with Gasteiger partial charge in [0.05, 0.1) is 17.7 Å². The number of hydrogen-bond donors (Lipinski definition) is 3. The zero-order chi connectivity index (χ0) is 22.0. The number of hydrogen-bond acceptors (Lipinski definition) is 4. The Morgan fingerprint density at radius 1 is 1.06 bits per heavy atom. The molecule has 2 aromatic carbocycles. The Hall–Kier alpha value is -3.45. The number of carbonyl (C=O) groups excluding carboxylic acids is 2. The van der Waals surface area contributed by atoms with E-state index in [1.807, 2.05) is 16.7 Å². The third-order valence-electron chi connectivity index (χ3n) is 5.87. The van der Waals surface area contributed by atoms with Gasteiger partial charge in [0.25, 0.3) is 5.91 Å². The second-order valence-electron chi connectivity index (χ2n) is 8.01. The molecule has 1 fully saturated rings. The first-order chi connectivity index (χ1) is 14.9. The van der Waals surface area contributed by atoms with E-state index in [0.29, 0.717) is 35.9 Å². The first-order valence-corrected chi connectivity index (χ1v) is 10.4. The summed E-state index contributed by atoms with van der Waals surface area (Å²) in [5.74, 6) is -0.969. The number of fused-ring (bicyclic) bond motifs is 1. The number of aliphatic hydroxyl groups is 1. The Bertz CT molecular complexity index is 1180. The van der Waals surface area contributed by atoms with Crippen LogP contribution in [0, 0.1) is 0 Å². The summed E-state index contributed by atoms with van der Waals surface area (Å²) < 4.78 is 1.85. The number of para-hydroxylation sites is 1. The average Bonchev–Trinajstić information content (AvgIpc) is 2.77. The van der Waals surface area contributed by atoms with Crippen molar-refractivity contribution >= 4 is 22.7 Å². The van der Waals surface area contributed by atoms with Crippen LogP contribution in [0.25, 0.3) is 10.9 Å². The van der Waals surface area contributed by atoms with Crippen LogP contribution in [-0.2, 0) is 6.54 Å². The minimum absolute atomic E-state index is 0.0465. The van der Waals surface area contributed by atoms with Crippen molar-refractivity contribution in [3.8, 4) is 0 Å². The molecular formula is C24H25N3O4. The predicted molar refractivity (Wildman–Crippen MR) is 118 cm³/mol. The van der Waals surface area contributed by atoms with Crippen LogP contribution in [0.3, 0.4) is 0 Å². The van der Waals surface area contributed by atoms with Crippen molar-refractivity contribution in [2.75, 3.05) is 0 Å². The van der Waals surface area contributed by atoms with Crippen molar-refractivity contribution in [2.45, 2.75) is 44.4 Å². The number of aliphatic hydroxyl groups excluding tert-OH is 1. The molecule has 4 N–H and O–H groups in total. The van der Waals surface area contributed by atoms with E-state index in [4.69, 9.17) is 5.73 Å². The average molecular weight is 419 g/mol. The van der Waals surface area contributed by atoms with Crippen LogP contribution in [0.2, 0.25) is 0 Å². The second-order valence-corrected chi connectivity index (χ2v) is 8.01. The van der Waals surface area contributed by atoms with Gasteiger partial charge in [0, 0.05) is 23.7 Å². The number of nitrogens with one attached hydrogen (secondary N) is 1. The number of pyridine rings is 1. The zero-order valence-electron chi connectivity index (χ0n) is 17.1. The van der Waals surface area contributed by atoms with E-state index in [2.05, 4.69) is 5.32 Å². The van der Waals surface area contributed by atoms with Crippen LogP contribution in [0.15, 0.2) is 59.5 Å². The third-order valence-corrected chi connectivity index (χ3v) is 5.87. The summed E-state index contributed by atoms with van der Waals surface area (Å²) in [7, 11) is 0. The molecule has 1 heterocycles. The first kappa shape index (κ1) is 20.8. The van der Waals surface area contributed by atoms with E-state index in [0.717, 1.165) is 18.4 Å². The highest BCUT2D eigenvalue weighted by Gasteiger charge is 2.26. The highest BCUT2D eigenvalue weighted by molar-refractivity contribution is 5.97. The SMILES string of the molecule is NC(=O)c1ccc(Cn2cc(C(=O)NC3CCCCC3O)c(=O)c3ccccc32)cc1. The van der Waals surface area contributed by atoms with Crippen LogP contribution in [0.1, 0.15) is 52.0 Å². The molecule has 0 aliphatic heterocycles. The van der Waals surface area contributed by atoms with E-state index in [1.54, 1.807) is 42.6 Å². The first-order valence-electron chi connectivity index (χ1n) is 10.4. The van der Waals surface area contributed by atoms with Crippen LogP contribution < -0.4 is 16.5 Å². The molecule has 7 heteroatoms. The summed E-state index contributed by atoms with van der Waals surface area (Å²) in [4.78, 5) is 37.3. The number of carbonyl (C=O) groups is 2. The molecule has 1 aromatic heterocycles. The van der Waals surface area contributed by atoms with Crippen LogP contribution in [0.5, 0.6) is 0 Å². The van der Waals surface area contributed by atoms with Crippen LogP contribution >= 0.6 is 0 Å². The van der Waals surface area contributed by atoms with Crippen LogP contribution in [-0.4, -0.2) is 33.6 Å². The van der Waals surface area contributed by atoms with Crippen LogP contribution in [0.4, 0.5) is 0 Å². The maximum atomic E-state index is 13.0. The van der Waals surface area contributed by atoms with Gasteiger partial charge in [-0.25, -0.2) is 0 Å². The molecule has 0 radical (unpaired) electrons. The largest absolute Gasteiger partial charge is 0.391 e. The minimum atomic E-state index is -0.593. The highest BCUT2D eigenvalue weighted by Crippen LogP contribution is 2.19. The summed E-state index contributed by atoms with van der Waals surface area (Å²) in [6, 6.07) is 13.7. The summed E-state index contributed by atoms with van der Waals surface area (Å²) in [5.41, 5.74) is 7.04. The molecule has 1 aliphatic rings. The molecule has 4 rings (SSSR count). The molecule has 160 valence electrons. The summed E-state index contributed by atoms with van der Waals surface area (Å²) >= 11 is 0. The lowest BCUT2D eigenvalue weighted by molar-refractivity contribution is 0.0716. The van der Waals surface area contributed by atoms with Crippen molar-refractivity contribution in [1.82, 2.24) is 9.88 Å². The summed E-state index contributed by atoms with van der Waals surface area (Å²) in [6.45, 7) is 0.409. The van der Waals surface area contributed by atoms with E-state index in [1.165, 1.54) is 0 Å². The quantitative estimate of drug-likeness (QED) is 0.588. The van der Waals surface area contributed by atoms with Gasteiger partial charge in [0.2, 0.25) is 11.3 Å². The Morgan fingerprint density at radius 3 is 2.48 bits per heavy atom. The Labute approximate surface area is 179 Å². The van der Waals surface area contributed by atoms with Gasteiger partial charge in [0.1, 0.15) is 5.56 Å². The number of nitrogens with zero attached hydrogens (tertiary/aromatic N) is 1. The monoisotopic (exact) mass is 419 g/mol. The number of aromatic nitrogens is 1. The van der Waals surface area contributed by atoms with Crippen molar-refractivity contribution in [3.05, 3.63) is 81.6 Å². The summed E-state index contributed by atoms with van der Waals surface area (Å²) in [6.07, 6.45) is 4.19. The van der Waals surface area contributed by atoms with E-state index in [9.17, 15) is 19.5 Å². The minimum Gasteiger partial charge on any atom is -0.391 e. The standard InChI is InChI=1S/C24H25N3O4/c25-23(30)16-11-9-15(10-12-16)13-27-14-18(22(29)17-5-1-3-7-20(17)27)24(31)26-19-6-2-4-8-21(19)28/h1,3,5,7,9-12,14,19,21,28H,2,4,6,8,13H2,(H2,25,30)(H,26,31). The van der Waals surface area contributed by atoms with Gasteiger partial charge in [0.15, 0.2) is 0 Å². The fourth-order valence-corrected chi connectivity index (χ4v) is 4.13. The zero-order valence-corrected chi connectivity index (χ0v) is 17.1. The van der Waals surface area contributed by atoms with Gasteiger partial charge in [-0.3, -0.25) is 14.4 Å². The van der Waals surface area contributed by atoms with E-state index < -0.39 is 17.9 Å². The molecule has 7 nitrogen and oxygen atoms in total. The fraction of sp³-hybridized carbons (Fsp3) is 0.292. The third kappa shape index (κ3) is 4.36. The van der Waals surface area contributed by atoms with Gasteiger partial charge in [-0.1, -0.05) is 37.1 Å². The fourth-order valence-electron chi connectivity index (χ4n) is 4.13. The maximum absolute atomic E-state index is 13.0. The van der Waals surface area contributed by atoms with Crippen molar-refractivity contribution < 1.29 is 14.7 Å². The lowest BCUT2D eigenvalue weighted by atomic mass is 9.92. The molecule has 0 bridgehead atoms. The number of benzene rings is 2. The van der Waals surface area contributed by atoms with E-state index in [-0.39, 0.29) is 17.0 Å². The molecular weight excluding hydrogens is 394 g/mol. The molecule has 31 heavy (non-hydrogen) atoms. The van der Waals surface area contributed by atoms with Crippen molar-refractivity contribution in [1.29, 1.82) is 0 Å². The molecule has 1 saturated carbocycles. The molecule has 2 atom stereocenters. The molecule has 2 unspecified atom stereocenters. The number of nitrogens with two attached hydrogens (primary N) is 1. The Morgan fingerprint density at radius 2 is 1.77 bits per heavy atom. The molecule has 0 saturated heterocycles. The molecule has 1 aliphatic carbocycles. The number of amides is 2. The van der Waals surface area contributed by atoms with Gasteiger partial charge in [-0.2, -0.15) is 0 Å². The van der Waals surface area contributed by atoms with Gasteiger partial charge < -0.3 is 20.7 Å². The normalized spacial score (nSPS) is 18.6. The predicted octanol–water partition coefficient (Wildman–Crippen LogP) is 2.18. The Kier molecular flexibility index (Phi) is 5.86. The smallest absolute Gasteiger partial charge is 0.257 e. The number of primary amides is 1. The Balaban J connectivity index is 1.70. The maximum Gasteiger partial charge on any atom is 0.257 e. The van der Waals surface area contributed by atoms with E-state index >= 15 is 0 Å². The molecule has 2 amide bonds.